The molecule has 0 spiro atoms. The SMILES string of the molecule is CC(C)[SiH]1CCC(Cl)O[SiH]1Cl. The van der Waals surface area contributed by atoms with Gasteiger partial charge in [-0.1, -0.05) is 37.0 Å². The lowest BCUT2D eigenvalue weighted by Crippen LogP contribution is -2.42. The maximum Gasteiger partial charge on any atom is 0.256 e. The van der Waals surface area contributed by atoms with Gasteiger partial charge in [0, 0.05) is 0 Å². The molecule has 11 heavy (non-hydrogen) atoms. The number of alkyl halides is 1. The van der Waals surface area contributed by atoms with Crippen molar-refractivity contribution in [2.45, 2.75) is 37.4 Å². The van der Waals surface area contributed by atoms with Crippen LogP contribution >= 0.6 is 22.7 Å². The van der Waals surface area contributed by atoms with E-state index in [1.165, 1.54) is 6.04 Å². The summed E-state index contributed by atoms with van der Waals surface area (Å²) in [6.07, 6.45) is 1.02. The van der Waals surface area contributed by atoms with Crippen LogP contribution in [0.2, 0.25) is 11.6 Å². The van der Waals surface area contributed by atoms with Crippen LogP contribution in [0.25, 0.3) is 0 Å². The molecule has 1 fully saturated rings. The van der Waals surface area contributed by atoms with Crippen LogP contribution in [0, 0.1) is 0 Å². The van der Waals surface area contributed by atoms with Gasteiger partial charge in [0.1, 0.15) is 5.56 Å². The highest BCUT2D eigenvalue weighted by atomic mass is 35.6. The summed E-state index contributed by atoms with van der Waals surface area (Å²) in [6.45, 7) is 4.52. The predicted molar refractivity (Wildman–Crippen MR) is 55.4 cm³/mol. The largest absolute Gasteiger partial charge is 0.392 e. The van der Waals surface area contributed by atoms with Crippen molar-refractivity contribution < 1.29 is 4.43 Å². The number of hydrogen-bond acceptors (Lipinski definition) is 1. The molecule has 1 aliphatic rings. The highest BCUT2D eigenvalue weighted by Gasteiger charge is 2.33. The summed E-state index contributed by atoms with van der Waals surface area (Å²) in [5, 5.41) is 0. The number of halogens is 2. The van der Waals surface area contributed by atoms with Gasteiger partial charge in [-0.05, 0) is 6.42 Å². The van der Waals surface area contributed by atoms with Gasteiger partial charge in [-0.3, -0.25) is 0 Å². The highest BCUT2D eigenvalue weighted by molar-refractivity contribution is 7.41. The molecular weight excluding hydrogens is 215 g/mol. The first kappa shape index (κ1) is 10.1. The third kappa shape index (κ3) is 2.74. The zero-order valence-electron chi connectivity index (χ0n) is 6.89. The van der Waals surface area contributed by atoms with Crippen molar-refractivity contribution in [2.75, 3.05) is 0 Å². The van der Waals surface area contributed by atoms with Crippen LogP contribution in [0.15, 0.2) is 0 Å². The van der Waals surface area contributed by atoms with Gasteiger partial charge in [-0.25, -0.2) is 0 Å². The molecule has 0 bridgehead atoms. The van der Waals surface area contributed by atoms with E-state index in [0.717, 1.165) is 12.0 Å². The maximum atomic E-state index is 6.17. The number of rotatable bonds is 1. The van der Waals surface area contributed by atoms with Crippen LogP contribution in [0.1, 0.15) is 20.3 Å². The molecule has 0 aromatic heterocycles. The van der Waals surface area contributed by atoms with Crippen molar-refractivity contribution in [2.24, 2.45) is 0 Å². The summed E-state index contributed by atoms with van der Waals surface area (Å²) in [6, 6.07) is 1.28. The first-order valence-corrected chi connectivity index (χ1v) is 10.8. The molecule has 0 aromatic rings. The molecule has 0 saturated carbocycles. The highest BCUT2D eigenvalue weighted by Crippen LogP contribution is 2.27. The van der Waals surface area contributed by atoms with Crippen LogP contribution in [0.4, 0.5) is 0 Å². The van der Waals surface area contributed by atoms with Crippen molar-refractivity contribution in [3.8, 4) is 0 Å². The Morgan fingerprint density at radius 2 is 2.18 bits per heavy atom. The Kier molecular flexibility index (Phi) is 3.91. The molecule has 5 heteroatoms. The second-order valence-electron chi connectivity index (χ2n) is 3.38. The molecule has 0 radical (unpaired) electrons. The fourth-order valence-electron chi connectivity index (χ4n) is 1.40. The summed E-state index contributed by atoms with van der Waals surface area (Å²) in [5.74, 6) is 0. The fourth-order valence-corrected chi connectivity index (χ4v) is 13.8. The Morgan fingerprint density at radius 1 is 1.55 bits per heavy atom. The molecule has 1 heterocycles. The molecule has 3 unspecified atom stereocenters. The van der Waals surface area contributed by atoms with E-state index in [9.17, 15) is 0 Å². The van der Waals surface area contributed by atoms with Gasteiger partial charge < -0.3 is 4.43 Å². The van der Waals surface area contributed by atoms with Gasteiger partial charge in [0.2, 0.25) is 0 Å². The Hall–Kier alpha value is 0.974. The first-order chi connectivity index (χ1) is 5.11. The normalized spacial score (nSPS) is 39.5. The van der Waals surface area contributed by atoms with Crippen LogP contribution in [-0.4, -0.2) is 21.7 Å². The predicted octanol–water partition coefficient (Wildman–Crippen LogP) is 2.15. The van der Waals surface area contributed by atoms with Crippen molar-refractivity contribution >= 4 is 38.9 Å². The van der Waals surface area contributed by atoms with Crippen LogP contribution in [0.3, 0.4) is 0 Å². The monoisotopic (exact) mass is 228 g/mol. The maximum absolute atomic E-state index is 6.17. The third-order valence-corrected chi connectivity index (χ3v) is 15.7. The third-order valence-electron chi connectivity index (χ3n) is 2.20. The lowest BCUT2D eigenvalue weighted by Gasteiger charge is -2.30. The van der Waals surface area contributed by atoms with Gasteiger partial charge in [-0.2, -0.15) is 0 Å². The van der Waals surface area contributed by atoms with Crippen molar-refractivity contribution in [1.82, 2.24) is 0 Å². The standard InChI is InChI=1S/C6H14Cl2OSi2/c1-5(2)10-4-3-6(7)9-11(10)8/h5-6,10-11H,3-4H2,1-2H3. The van der Waals surface area contributed by atoms with E-state index in [1.54, 1.807) is 0 Å². The molecule has 0 N–H and O–H groups in total. The molecule has 0 amide bonds. The second kappa shape index (κ2) is 4.28. The topological polar surface area (TPSA) is 9.23 Å². The van der Waals surface area contributed by atoms with Crippen LogP contribution in [0.5, 0.6) is 0 Å². The lowest BCUT2D eigenvalue weighted by atomic mass is 10.5. The molecule has 1 saturated heterocycles. The van der Waals surface area contributed by atoms with E-state index in [-0.39, 0.29) is 5.56 Å². The van der Waals surface area contributed by atoms with E-state index in [2.05, 4.69) is 13.8 Å². The quantitative estimate of drug-likeness (QED) is 0.380. The fraction of sp³-hybridized carbons (Fsp3) is 1.00. The Bertz CT molecular complexity index is 134. The van der Waals surface area contributed by atoms with Crippen molar-refractivity contribution in [1.29, 1.82) is 0 Å². The Labute approximate surface area is 80.9 Å². The molecule has 1 nitrogen and oxygen atoms in total. The molecule has 1 rings (SSSR count). The van der Waals surface area contributed by atoms with E-state index in [4.69, 9.17) is 27.1 Å². The molecule has 0 aliphatic carbocycles. The van der Waals surface area contributed by atoms with Crippen LogP contribution < -0.4 is 0 Å². The number of hydrogen-bond donors (Lipinski definition) is 0. The van der Waals surface area contributed by atoms with Gasteiger partial charge >= 0.3 is 0 Å². The van der Waals surface area contributed by atoms with Crippen molar-refractivity contribution in [3.63, 3.8) is 0 Å². The molecule has 0 aromatic carbocycles. The summed E-state index contributed by atoms with van der Waals surface area (Å²) < 4.78 is 5.49. The molecular formula is C6H14Cl2OSi2. The summed E-state index contributed by atoms with van der Waals surface area (Å²) in [5.41, 5.74) is 0.708. The summed E-state index contributed by atoms with van der Waals surface area (Å²) >= 11 is 12.0. The van der Waals surface area contributed by atoms with E-state index >= 15 is 0 Å². The molecule has 66 valence electrons. The Balaban J connectivity index is 2.44. The first-order valence-electron chi connectivity index (χ1n) is 4.05. The minimum absolute atomic E-state index is 0.0772. The van der Waals surface area contributed by atoms with Gasteiger partial charge in [-0.15, -0.1) is 11.1 Å². The Morgan fingerprint density at radius 3 is 2.64 bits per heavy atom. The van der Waals surface area contributed by atoms with E-state index in [1.807, 2.05) is 0 Å². The average Bonchev–Trinajstić information content (AvgIpc) is 1.85. The van der Waals surface area contributed by atoms with Gasteiger partial charge in [0.05, 0.1) is 8.31 Å². The van der Waals surface area contributed by atoms with Crippen molar-refractivity contribution in [3.05, 3.63) is 0 Å². The smallest absolute Gasteiger partial charge is 0.256 e. The average molecular weight is 229 g/mol. The van der Waals surface area contributed by atoms with Crippen LogP contribution in [-0.2, 0) is 4.43 Å². The summed E-state index contributed by atoms with van der Waals surface area (Å²) in [7, 11) is -2.08. The second-order valence-corrected chi connectivity index (χ2v) is 15.0. The minimum atomic E-state index is -1.35. The summed E-state index contributed by atoms with van der Waals surface area (Å²) in [4.78, 5) is 0. The molecule has 3 atom stereocenters. The van der Waals surface area contributed by atoms with Gasteiger partial charge in [0.25, 0.3) is 7.87 Å². The van der Waals surface area contributed by atoms with E-state index < -0.39 is 16.2 Å². The zero-order chi connectivity index (χ0) is 8.43. The van der Waals surface area contributed by atoms with Gasteiger partial charge in [0.15, 0.2) is 0 Å². The zero-order valence-corrected chi connectivity index (χ0v) is 10.7. The van der Waals surface area contributed by atoms with E-state index in [0.29, 0.717) is 0 Å². The minimum Gasteiger partial charge on any atom is -0.392 e. The molecule has 1 aliphatic heterocycles. The lowest BCUT2D eigenvalue weighted by molar-refractivity contribution is 0.286.